The summed E-state index contributed by atoms with van der Waals surface area (Å²) in [6.45, 7) is 3.23. The number of ketones is 1. The van der Waals surface area contributed by atoms with Gasteiger partial charge in [0.25, 0.3) is 5.91 Å². The number of piperidine rings is 1. The van der Waals surface area contributed by atoms with E-state index in [2.05, 4.69) is 4.90 Å². The number of benzene rings is 3. The van der Waals surface area contributed by atoms with Gasteiger partial charge in [-0.2, -0.15) is 0 Å². The second-order valence-electron chi connectivity index (χ2n) is 12.8. The number of carbonyl (C=O) groups is 2. The number of hydrogen-bond acceptors (Lipinski definition) is 8. The Labute approximate surface area is 307 Å². The first-order valence-electron chi connectivity index (χ1n) is 16.9. The minimum absolute atomic E-state index is 0.0309. The van der Waals surface area contributed by atoms with Crippen molar-refractivity contribution in [3.8, 4) is 17.2 Å². The number of imidazole rings is 1. The number of para-hydroxylation sites is 2. The number of likely N-dealkylation sites (N-methyl/N-ethyl adjacent to an activating group) is 1. The molecular formula is C39H42Cl2N4O6. The van der Waals surface area contributed by atoms with E-state index in [4.69, 9.17) is 46.8 Å². The summed E-state index contributed by atoms with van der Waals surface area (Å²) in [4.78, 5) is 36.5. The second-order valence-corrected chi connectivity index (χ2v) is 13.6. The zero-order chi connectivity index (χ0) is 36.1. The highest BCUT2D eigenvalue weighted by atomic mass is 35.5. The van der Waals surface area contributed by atoms with Crippen LogP contribution in [-0.4, -0.2) is 85.6 Å². The zero-order valence-corrected chi connectivity index (χ0v) is 30.7. The largest absolute Gasteiger partial charge is 0.493 e. The molecule has 6 rings (SSSR count). The van der Waals surface area contributed by atoms with E-state index in [1.54, 1.807) is 36.4 Å². The average molecular weight is 734 g/mol. The maximum atomic E-state index is 13.9. The molecule has 5 aromatic rings. The van der Waals surface area contributed by atoms with Crippen LogP contribution in [0.5, 0.6) is 17.2 Å². The molecule has 0 saturated carbocycles. The van der Waals surface area contributed by atoms with E-state index in [0.717, 1.165) is 61.3 Å². The van der Waals surface area contributed by atoms with Crippen LogP contribution < -0.4 is 14.2 Å². The van der Waals surface area contributed by atoms with Crippen LogP contribution >= 0.6 is 23.2 Å². The molecule has 0 N–H and O–H groups in total. The smallest absolute Gasteiger partial charge is 0.253 e. The van der Waals surface area contributed by atoms with Gasteiger partial charge in [0.15, 0.2) is 17.3 Å². The van der Waals surface area contributed by atoms with Gasteiger partial charge in [-0.1, -0.05) is 41.4 Å². The molecular weight excluding hydrogens is 691 g/mol. The fraction of sp³-hybridized carbons (Fsp3) is 0.359. The second kappa shape index (κ2) is 16.2. The highest BCUT2D eigenvalue weighted by Crippen LogP contribution is 2.39. The van der Waals surface area contributed by atoms with Gasteiger partial charge in [0.05, 0.1) is 55.2 Å². The highest BCUT2D eigenvalue weighted by Gasteiger charge is 2.30. The van der Waals surface area contributed by atoms with E-state index < -0.39 is 0 Å². The topological polar surface area (TPSA) is 99.3 Å². The third-order valence-electron chi connectivity index (χ3n) is 9.69. The Morgan fingerprint density at radius 2 is 1.67 bits per heavy atom. The molecule has 1 aliphatic rings. The van der Waals surface area contributed by atoms with Crippen molar-refractivity contribution >= 4 is 45.9 Å². The van der Waals surface area contributed by atoms with Crippen molar-refractivity contribution in [3.63, 3.8) is 0 Å². The number of hydrogen-bond donors (Lipinski definition) is 0. The monoisotopic (exact) mass is 732 g/mol. The Morgan fingerprint density at radius 3 is 2.31 bits per heavy atom. The molecule has 268 valence electrons. The number of fused-ring (bicyclic) bond motifs is 1. The van der Waals surface area contributed by atoms with Crippen molar-refractivity contribution in [2.24, 2.45) is 5.92 Å². The zero-order valence-electron chi connectivity index (χ0n) is 29.2. The third-order valence-corrected chi connectivity index (χ3v) is 10.4. The van der Waals surface area contributed by atoms with Gasteiger partial charge in [-0.05, 0) is 93.0 Å². The number of carbonyl (C=O) groups excluding carboxylic acids is 2. The molecule has 1 amide bonds. The third kappa shape index (κ3) is 8.03. The summed E-state index contributed by atoms with van der Waals surface area (Å²) in [5.41, 5.74) is 3.13. The first-order valence-corrected chi connectivity index (χ1v) is 17.7. The van der Waals surface area contributed by atoms with Gasteiger partial charge < -0.3 is 33.0 Å². The number of furan rings is 1. The predicted molar refractivity (Wildman–Crippen MR) is 198 cm³/mol. The molecule has 0 aliphatic carbocycles. The highest BCUT2D eigenvalue weighted by molar-refractivity contribution is 6.42. The number of rotatable bonds is 14. The maximum absolute atomic E-state index is 13.9. The van der Waals surface area contributed by atoms with Crippen LogP contribution in [0.15, 0.2) is 77.4 Å². The summed E-state index contributed by atoms with van der Waals surface area (Å²) in [6.07, 6.45) is 3.88. The lowest BCUT2D eigenvalue weighted by molar-refractivity contribution is 0.0778. The quantitative estimate of drug-likeness (QED) is 0.107. The summed E-state index contributed by atoms with van der Waals surface area (Å²) in [6, 6.07) is 20.5. The van der Waals surface area contributed by atoms with Crippen LogP contribution in [0.1, 0.15) is 57.5 Å². The molecule has 1 fully saturated rings. The Balaban J connectivity index is 1.13. The number of likely N-dealkylation sites (tertiary alicyclic amines) is 1. The first kappa shape index (κ1) is 36.3. The predicted octanol–water partition coefficient (Wildman–Crippen LogP) is 7.85. The number of methoxy groups -OCH3 is 3. The molecule has 1 atom stereocenters. The molecule has 0 bridgehead atoms. The van der Waals surface area contributed by atoms with Crippen molar-refractivity contribution in [3.05, 3.63) is 106 Å². The number of Topliss-reactive ketones (excluding diaryl/α,β-unsaturated/α-hetero) is 1. The van der Waals surface area contributed by atoms with Crippen molar-refractivity contribution in [1.29, 1.82) is 0 Å². The van der Waals surface area contributed by atoms with Crippen LogP contribution in [0, 0.1) is 5.92 Å². The Hall–Kier alpha value is -4.51. The molecule has 10 nitrogen and oxygen atoms in total. The fourth-order valence-electron chi connectivity index (χ4n) is 6.89. The number of ether oxygens (including phenoxy) is 3. The summed E-state index contributed by atoms with van der Waals surface area (Å²) in [7, 11) is 6.35. The SMILES string of the molecule is COc1cc(C(=O)N(C)CC(CCN2CCC(C(=O)c3nc4ccccc4n3Cc3ccco3)CC2)c2ccc(Cl)c(Cl)c2)cc(OC)c1OC. The van der Waals surface area contributed by atoms with Gasteiger partial charge in [-0.3, -0.25) is 9.59 Å². The van der Waals surface area contributed by atoms with Gasteiger partial charge >= 0.3 is 0 Å². The maximum Gasteiger partial charge on any atom is 0.253 e. The standard InChI is InChI=1S/C39H42Cl2N4O6/c1-43(39(47)28-21-34(48-2)37(50-4)35(22-28)49-3)23-27(26-11-12-30(40)31(41)20-26)15-18-44-16-13-25(14-17-44)36(46)38-42-32-9-5-6-10-33(32)45(38)24-29-8-7-19-51-29/h5-12,19-22,25,27H,13-18,23-24H2,1-4H3. The summed E-state index contributed by atoms with van der Waals surface area (Å²) in [5, 5.41) is 0.945. The summed E-state index contributed by atoms with van der Waals surface area (Å²) in [5.74, 6) is 2.22. The van der Waals surface area contributed by atoms with Crippen LogP contribution in [0.4, 0.5) is 0 Å². The van der Waals surface area contributed by atoms with Crippen molar-refractivity contribution < 1.29 is 28.2 Å². The number of halogens is 2. The van der Waals surface area contributed by atoms with Crippen molar-refractivity contribution in [1.82, 2.24) is 19.4 Å². The molecule has 12 heteroatoms. The lowest BCUT2D eigenvalue weighted by Gasteiger charge is -2.33. The number of aromatic nitrogens is 2. The number of amides is 1. The lowest BCUT2D eigenvalue weighted by atomic mass is 9.90. The molecule has 1 aliphatic heterocycles. The molecule has 51 heavy (non-hydrogen) atoms. The minimum atomic E-state index is -0.184. The van der Waals surface area contributed by atoms with Crippen molar-refractivity contribution in [2.75, 3.05) is 54.6 Å². The van der Waals surface area contributed by atoms with E-state index in [0.29, 0.717) is 51.8 Å². The van der Waals surface area contributed by atoms with Gasteiger partial charge in [-0.15, -0.1) is 0 Å². The number of nitrogens with zero attached hydrogens (tertiary/aromatic N) is 4. The van der Waals surface area contributed by atoms with Gasteiger partial charge in [0.2, 0.25) is 11.5 Å². The lowest BCUT2D eigenvalue weighted by Crippen LogP contribution is -2.38. The van der Waals surface area contributed by atoms with E-state index >= 15 is 0 Å². The molecule has 3 aromatic carbocycles. The first-order chi connectivity index (χ1) is 24.7. The molecule has 2 aromatic heterocycles. The van der Waals surface area contributed by atoms with E-state index in [1.165, 1.54) is 21.3 Å². The molecule has 0 spiro atoms. The molecule has 3 heterocycles. The van der Waals surface area contributed by atoms with Crippen LogP contribution in [0.3, 0.4) is 0 Å². The minimum Gasteiger partial charge on any atom is -0.493 e. The van der Waals surface area contributed by atoms with Crippen LogP contribution in [0.25, 0.3) is 11.0 Å². The Bertz CT molecular complexity index is 1960. The van der Waals surface area contributed by atoms with E-state index in [9.17, 15) is 9.59 Å². The van der Waals surface area contributed by atoms with E-state index in [1.807, 2.05) is 53.1 Å². The van der Waals surface area contributed by atoms with Gasteiger partial charge in [-0.25, -0.2) is 4.98 Å². The summed E-state index contributed by atoms with van der Waals surface area (Å²) < 4.78 is 24.0. The van der Waals surface area contributed by atoms with Crippen LogP contribution in [-0.2, 0) is 6.54 Å². The molecule has 1 unspecified atom stereocenters. The van der Waals surface area contributed by atoms with E-state index in [-0.39, 0.29) is 23.5 Å². The fourth-order valence-corrected chi connectivity index (χ4v) is 7.20. The molecule has 0 radical (unpaired) electrons. The average Bonchev–Trinajstić information content (AvgIpc) is 3.81. The van der Waals surface area contributed by atoms with Gasteiger partial charge in [0, 0.05) is 31.0 Å². The van der Waals surface area contributed by atoms with Gasteiger partial charge in [0.1, 0.15) is 5.76 Å². The van der Waals surface area contributed by atoms with Crippen LogP contribution in [0.2, 0.25) is 10.0 Å². The molecule has 1 saturated heterocycles. The Morgan fingerprint density at radius 1 is 0.941 bits per heavy atom. The normalized spacial score (nSPS) is 14.4. The van der Waals surface area contributed by atoms with Crippen molar-refractivity contribution in [2.45, 2.75) is 31.7 Å². The Kier molecular flexibility index (Phi) is 11.5. The summed E-state index contributed by atoms with van der Waals surface area (Å²) >= 11 is 12.7.